The standard InChI is InChI=1S/C24H32N4O3S2.ClH/c1-6-7-15-27(5)33(30,31)20-13-11-19(12-14-20)23(29)28(17-16-26(3)4)24-25-22-18(2)9-8-10-21(22)32-24;/h8-14H,6-7,15-17H2,1-5H3;1H. The van der Waals surface area contributed by atoms with E-state index in [4.69, 9.17) is 4.98 Å². The van der Waals surface area contributed by atoms with Crippen molar-refractivity contribution in [2.24, 2.45) is 0 Å². The first-order valence-corrected chi connectivity index (χ1v) is 13.3. The first kappa shape index (κ1) is 28.2. The molecular formula is C24H33ClN4O3S2. The topological polar surface area (TPSA) is 73.8 Å². The number of hydrogen-bond acceptors (Lipinski definition) is 6. The molecule has 0 spiro atoms. The van der Waals surface area contributed by atoms with Gasteiger partial charge in [-0.3, -0.25) is 9.69 Å². The number of nitrogens with zero attached hydrogens (tertiary/aromatic N) is 4. The number of likely N-dealkylation sites (N-methyl/N-ethyl adjacent to an activating group) is 1. The Morgan fingerprint density at radius 3 is 2.26 bits per heavy atom. The molecule has 10 heteroatoms. The van der Waals surface area contributed by atoms with E-state index in [1.165, 1.54) is 27.8 Å². The Morgan fingerprint density at radius 1 is 1.00 bits per heavy atom. The number of aryl methyl sites for hydroxylation is 1. The second kappa shape index (κ2) is 12.1. The third-order valence-corrected chi connectivity index (χ3v) is 8.41. The summed E-state index contributed by atoms with van der Waals surface area (Å²) in [5, 5.41) is 0.641. The van der Waals surface area contributed by atoms with Gasteiger partial charge in [0.2, 0.25) is 10.0 Å². The molecular weight excluding hydrogens is 492 g/mol. The van der Waals surface area contributed by atoms with Gasteiger partial charge in [-0.1, -0.05) is 36.8 Å². The lowest BCUT2D eigenvalue weighted by Gasteiger charge is -2.22. The van der Waals surface area contributed by atoms with Gasteiger partial charge in [0.05, 0.1) is 15.1 Å². The number of carbonyl (C=O) groups is 1. The zero-order valence-corrected chi connectivity index (χ0v) is 22.8. The number of halogens is 1. The van der Waals surface area contributed by atoms with Gasteiger partial charge in [0.1, 0.15) is 0 Å². The SMILES string of the molecule is CCCCN(C)S(=O)(=O)c1ccc(C(=O)N(CCN(C)C)c2nc3c(C)cccc3s2)cc1.Cl. The number of thiazole rings is 1. The Labute approximate surface area is 212 Å². The van der Waals surface area contributed by atoms with Crippen LogP contribution in [0.2, 0.25) is 0 Å². The molecule has 0 aliphatic rings. The van der Waals surface area contributed by atoms with Crippen LogP contribution >= 0.6 is 23.7 Å². The smallest absolute Gasteiger partial charge is 0.260 e. The van der Waals surface area contributed by atoms with E-state index in [1.807, 2.05) is 51.0 Å². The molecule has 7 nitrogen and oxygen atoms in total. The maximum Gasteiger partial charge on any atom is 0.260 e. The van der Waals surface area contributed by atoms with Crippen LogP contribution in [0, 0.1) is 6.92 Å². The van der Waals surface area contributed by atoms with Gasteiger partial charge in [-0.2, -0.15) is 0 Å². The highest BCUT2D eigenvalue weighted by atomic mass is 35.5. The molecule has 0 bridgehead atoms. The quantitative estimate of drug-likeness (QED) is 0.386. The molecule has 1 heterocycles. The number of unbranched alkanes of at least 4 members (excludes halogenated alkanes) is 1. The molecule has 3 aromatic rings. The molecule has 2 aromatic carbocycles. The van der Waals surface area contributed by atoms with Crippen molar-refractivity contribution in [3.8, 4) is 0 Å². The molecule has 1 amide bonds. The number of benzene rings is 2. The number of fused-ring (bicyclic) bond motifs is 1. The third kappa shape index (κ3) is 6.34. The average Bonchev–Trinajstić information content (AvgIpc) is 3.22. The monoisotopic (exact) mass is 524 g/mol. The van der Waals surface area contributed by atoms with E-state index in [0.717, 1.165) is 28.6 Å². The zero-order chi connectivity index (χ0) is 24.2. The summed E-state index contributed by atoms with van der Waals surface area (Å²) in [7, 11) is 1.92. The van der Waals surface area contributed by atoms with Gasteiger partial charge < -0.3 is 4.90 Å². The number of aromatic nitrogens is 1. The van der Waals surface area contributed by atoms with Gasteiger partial charge in [-0.25, -0.2) is 17.7 Å². The Hall–Kier alpha value is -2.04. The lowest BCUT2D eigenvalue weighted by molar-refractivity contribution is 0.0985. The summed E-state index contributed by atoms with van der Waals surface area (Å²) in [4.78, 5) is 22.1. The predicted molar refractivity (Wildman–Crippen MR) is 143 cm³/mol. The summed E-state index contributed by atoms with van der Waals surface area (Å²) in [6, 6.07) is 12.2. The van der Waals surface area contributed by atoms with E-state index in [0.29, 0.717) is 30.3 Å². The molecule has 0 aliphatic carbocycles. The molecule has 0 radical (unpaired) electrons. The fourth-order valence-corrected chi connectivity index (χ4v) is 5.66. The van der Waals surface area contributed by atoms with Crippen molar-refractivity contribution in [3.05, 3.63) is 53.6 Å². The van der Waals surface area contributed by atoms with Crippen molar-refractivity contribution in [2.45, 2.75) is 31.6 Å². The lowest BCUT2D eigenvalue weighted by atomic mass is 10.2. The van der Waals surface area contributed by atoms with E-state index in [2.05, 4.69) is 0 Å². The summed E-state index contributed by atoms with van der Waals surface area (Å²) in [5.74, 6) is -0.197. The number of rotatable bonds is 10. The van der Waals surface area contributed by atoms with Crippen LogP contribution in [0.1, 0.15) is 35.7 Å². The third-order valence-electron chi connectivity index (χ3n) is 5.49. The average molecular weight is 525 g/mol. The van der Waals surface area contributed by atoms with E-state index in [9.17, 15) is 13.2 Å². The normalized spacial score (nSPS) is 11.7. The number of para-hydroxylation sites is 1. The minimum absolute atomic E-state index is 0. The van der Waals surface area contributed by atoms with E-state index in [-0.39, 0.29) is 23.2 Å². The second-order valence-electron chi connectivity index (χ2n) is 8.38. The Balaban J connectivity index is 0.00000408. The van der Waals surface area contributed by atoms with Crippen molar-refractivity contribution in [3.63, 3.8) is 0 Å². The predicted octanol–water partition coefficient (Wildman–Crippen LogP) is 4.66. The highest BCUT2D eigenvalue weighted by Gasteiger charge is 2.24. The lowest BCUT2D eigenvalue weighted by Crippen LogP contribution is -2.36. The number of carbonyl (C=O) groups excluding carboxylic acids is 1. The fourth-order valence-electron chi connectivity index (χ4n) is 3.38. The van der Waals surface area contributed by atoms with Crippen molar-refractivity contribution in [1.29, 1.82) is 0 Å². The van der Waals surface area contributed by atoms with E-state index >= 15 is 0 Å². The van der Waals surface area contributed by atoms with Crippen molar-refractivity contribution < 1.29 is 13.2 Å². The van der Waals surface area contributed by atoms with Crippen molar-refractivity contribution >= 4 is 55.0 Å². The Bertz CT molecular complexity index is 1210. The van der Waals surface area contributed by atoms with E-state index < -0.39 is 10.0 Å². The summed E-state index contributed by atoms with van der Waals surface area (Å²) in [6.45, 7) is 5.65. The maximum absolute atomic E-state index is 13.5. The molecule has 0 saturated carbocycles. The van der Waals surface area contributed by atoms with Crippen LogP contribution in [0.15, 0.2) is 47.4 Å². The van der Waals surface area contributed by atoms with Crippen LogP contribution in [-0.2, 0) is 10.0 Å². The number of anilines is 1. The molecule has 0 unspecified atom stereocenters. The van der Waals surface area contributed by atoms with Crippen LogP contribution < -0.4 is 4.90 Å². The molecule has 1 aromatic heterocycles. The van der Waals surface area contributed by atoms with Gasteiger partial charge in [0.25, 0.3) is 5.91 Å². The van der Waals surface area contributed by atoms with Gasteiger partial charge in [0, 0.05) is 32.2 Å². The van der Waals surface area contributed by atoms with Crippen LogP contribution in [-0.4, -0.2) is 69.3 Å². The van der Waals surface area contributed by atoms with Gasteiger partial charge >= 0.3 is 0 Å². The number of amides is 1. The first-order chi connectivity index (χ1) is 15.6. The zero-order valence-electron chi connectivity index (χ0n) is 20.3. The largest absolute Gasteiger partial charge is 0.308 e. The number of hydrogen-bond donors (Lipinski definition) is 0. The van der Waals surface area contributed by atoms with Crippen molar-refractivity contribution in [2.75, 3.05) is 45.7 Å². The van der Waals surface area contributed by atoms with Crippen LogP contribution in [0.25, 0.3) is 10.2 Å². The molecule has 0 aliphatic heterocycles. The minimum atomic E-state index is -3.58. The van der Waals surface area contributed by atoms with E-state index in [1.54, 1.807) is 24.1 Å². The Kier molecular flexibility index (Phi) is 10.0. The fraction of sp³-hybridized carbons (Fsp3) is 0.417. The molecule has 0 atom stereocenters. The second-order valence-corrected chi connectivity index (χ2v) is 11.4. The highest BCUT2D eigenvalue weighted by Crippen LogP contribution is 2.31. The van der Waals surface area contributed by atoms with Crippen molar-refractivity contribution in [1.82, 2.24) is 14.2 Å². The van der Waals surface area contributed by atoms with Crippen LogP contribution in [0.3, 0.4) is 0 Å². The molecule has 0 N–H and O–H groups in total. The summed E-state index contributed by atoms with van der Waals surface area (Å²) in [5.41, 5.74) is 2.40. The maximum atomic E-state index is 13.5. The molecule has 0 fully saturated rings. The number of sulfonamides is 1. The minimum Gasteiger partial charge on any atom is -0.308 e. The van der Waals surface area contributed by atoms with Gasteiger partial charge in [-0.15, -0.1) is 12.4 Å². The van der Waals surface area contributed by atoms with Gasteiger partial charge in [0.15, 0.2) is 5.13 Å². The molecule has 34 heavy (non-hydrogen) atoms. The first-order valence-electron chi connectivity index (χ1n) is 11.0. The van der Waals surface area contributed by atoms with Crippen LogP contribution in [0.5, 0.6) is 0 Å². The summed E-state index contributed by atoms with van der Waals surface area (Å²) >= 11 is 1.49. The summed E-state index contributed by atoms with van der Waals surface area (Å²) < 4.78 is 28.0. The molecule has 3 rings (SSSR count). The molecule has 186 valence electrons. The Morgan fingerprint density at radius 2 is 1.68 bits per heavy atom. The highest BCUT2D eigenvalue weighted by molar-refractivity contribution is 7.89. The summed E-state index contributed by atoms with van der Waals surface area (Å²) in [6.07, 6.45) is 1.72. The molecule has 0 saturated heterocycles. The van der Waals surface area contributed by atoms with Crippen LogP contribution in [0.4, 0.5) is 5.13 Å². The van der Waals surface area contributed by atoms with Gasteiger partial charge in [-0.05, 0) is 63.3 Å².